The highest BCUT2D eigenvalue weighted by atomic mass is 79.9. The molecule has 2 heterocycles. The molecule has 4 nitrogen and oxygen atoms in total. The van der Waals surface area contributed by atoms with E-state index in [0.29, 0.717) is 11.8 Å². The maximum Gasteiger partial charge on any atom is 0.322 e. The number of ether oxygens (including phenoxy) is 1. The number of aromatic nitrogens is 3. The molecule has 0 aliphatic heterocycles. The van der Waals surface area contributed by atoms with E-state index in [0.717, 1.165) is 15.9 Å². The molecule has 2 aromatic heterocycles. The van der Waals surface area contributed by atoms with Crippen LogP contribution in [0.5, 0.6) is 11.8 Å². The molecule has 0 atom stereocenters. The van der Waals surface area contributed by atoms with E-state index in [2.05, 4.69) is 30.9 Å². The molecular formula is C11H10BrN3O. The minimum Gasteiger partial charge on any atom is -0.423 e. The second kappa shape index (κ2) is 4.57. The fraction of sp³-hybridized carbons (Fsp3) is 0.182. The number of hydrogen-bond acceptors (Lipinski definition) is 4. The lowest BCUT2D eigenvalue weighted by Crippen LogP contribution is -1.95. The topological polar surface area (TPSA) is 47.9 Å². The summed E-state index contributed by atoms with van der Waals surface area (Å²) < 4.78 is 6.36. The van der Waals surface area contributed by atoms with Gasteiger partial charge in [0.05, 0.1) is 6.20 Å². The van der Waals surface area contributed by atoms with E-state index in [1.807, 2.05) is 26.0 Å². The molecule has 0 spiro atoms. The fourth-order valence-corrected chi connectivity index (χ4v) is 1.64. The van der Waals surface area contributed by atoms with Gasteiger partial charge in [-0.3, -0.25) is 4.98 Å². The van der Waals surface area contributed by atoms with Gasteiger partial charge in [0.15, 0.2) is 5.75 Å². The van der Waals surface area contributed by atoms with E-state index in [-0.39, 0.29) is 0 Å². The van der Waals surface area contributed by atoms with Gasteiger partial charge in [0.1, 0.15) is 0 Å². The van der Waals surface area contributed by atoms with E-state index >= 15 is 0 Å². The lowest BCUT2D eigenvalue weighted by Gasteiger charge is -2.05. The summed E-state index contributed by atoms with van der Waals surface area (Å²) in [6.07, 6.45) is 3.31. The van der Waals surface area contributed by atoms with Gasteiger partial charge in [-0.1, -0.05) is 0 Å². The van der Waals surface area contributed by atoms with Crippen molar-refractivity contribution in [1.29, 1.82) is 0 Å². The molecule has 82 valence electrons. The Balaban J connectivity index is 2.27. The minimum absolute atomic E-state index is 0.345. The van der Waals surface area contributed by atoms with Crippen LogP contribution in [0, 0.1) is 13.8 Å². The second-order valence-corrected chi connectivity index (χ2v) is 4.29. The maximum absolute atomic E-state index is 5.51. The van der Waals surface area contributed by atoms with Crippen molar-refractivity contribution in [3.63, 3.8) is 0 Å². The van der Waals surface area contributed by atoms with Crippen LogP contribution < -0.4 is 4.74 Å². The van der Waals surface area contributed by atoms with Crippen LogP contribution in [-0.4, -0.2) is 15.0 Å². The average Bonchev–Trinajstić information content (AvgIpc) is 2.15. The fourth-order valence-electron chi connectivity index (χ4n) is 1.29. The molecule has 0 saturated heterocycles. The smallest absolute Gasteiger partial charge is 0.322 e. The third-order valence-corrected chi connectivity index (χ3v) is 2.28. The standard InChI is InChI=1S/C11H10BrN3O/c1-7-3-8(2)15-11(14-7)16-10-4-9(12)5-13-6-10/h3-6H,1-2H3. The van der Waals surface area contributed by atoms with Crippen molar-refractivity contribution in [2.24, 2.45) is 0 Å². The normalized spacial score (nSPS) is 10.2. The van der Waals surface area contributed by atoms with E-state index < -0.39 is 0 Å². The summed E-state index contributed by atoms with van der Waals surface area (Å²) in [7, 11) is 0. The van der Waals surface area contributed by atoms with Crippen molar-refractivity contribution >= 4 is 15.9 Å². The van der Waals surface area contributed by atoms with Crippen molar-refractivity contribution in [3.8, 4) is 11.8 Å². The predicted octanol–water partition coefficient (Wildman–Crippen LogP) is 3.04. The lowest BCUT2D eigenvalue weighted by atomic mass is 10.4. The van der Waals surface area contributed by atoms with Crippen LogP contribution in [0.4, 0.5) is 0 Å². The van der Waals surface area contributed by atoms with Gasteiger partial charge in [-0.15, -0.1) is 0 Å². The Labute approximate surface area is 102 Å². The molecule has 2 aromatic rings. The van der Waals surface area contributed by atoms with Crippen LogP contribution in [0.2, 0.25) is 0 Å². The van der Waals surface area contributed by atoms with E-state index in [4.69, 9.17) is 4.74 Å². The third kappa shape index (κ3) is 2.76. The Morgan fingerprint density at radius 2 is 1.75 bits per heavy atom. The summed E-state index contributed by atoms with van der Waals surface area (Å²) in [6, 6.07) is 4.05. The maximum atomic E-state index is 5.51. The van der Waals surface area contributed by atoms with Gasteiger partial charge < -0.3 is 4.74 Å². The number of rotatable bonds is 2. The number of aryl methyl sites for hydroxylation is 2. The van der Waals surface area contributed by atoms with Crippen LogP contribution in [0.1, 0.15) is 11.4 Å². The van der Waals surface area contributed by atoms with Crippen LogP contribution in [0.3, 0.4) is 0 Å². The van der Waals surface area contributed by atoms with Crippen molar-refractivity contribution in [2.75, 3.05) is 0 Å². The first kappa shape index (κ1) is 11.0. The van der Waals surface area contributed by atoms with Gasteiger partial charge in [0, 0.05) is 22.1 Å². The van der Waals surface area contributed by atoms with Crippen molar-refractivity contribution in [3.05, 3.63) is 40.4 Å². The summed E-state index contributed by atoms with van der Waals surface area (Å²) in [5.74, 6) is 0.611. The Morgan fingerprint density at radius 3 is 2.38 bits per heavy atom. The van der Waals surface area contributed by atoms with Crippen LogP contribution in [0.25, 0.3) is 0 Å². The molecule has 0 radical (unpaired) electrons. The molecule has 5 heteroatoms. The van der Waals surface area contributed by atoms with Crippen LogP contribution >= 0.6 is 15.9 Å². The summed E-state index contributed by atoms with van der Waals surface area (Å²) in [5, 5.41) is 0. The molecule has 0 aromatic carbocycles. The molecule has 0 aliphatic rings. The molecule has 2 rings (SSSR count). The zero-order chi connectivity index (χ0) is 11.5. The average molecular weight is 280 g/mol. The second-order valence-electron chi connectivity index (χ2n) is 3.37. The third-order valence-electron chi connectivity index (χ3n) is 1.85. The summed E-state index contributed by atoms with van der Waals surface area (Å²) in [4.78, 5) is 12.4. The number of halogens is 1. The molecule has 16 heavy (non-hydrogen) atoms. The minimum atomic E-state index is 0.345. The molecule has 0 N–H and O–H groups in total. The SMILES string of the molecule is Cc1cc(C)nc(Oc2cncc(Br)c2)n1. The zero-order valence-corrected chi connectivity index (χ0v) is 10.5. The van der Waals surface area contributed by atoms with Gasteiger partial charge in [-0.25, -0.2) is 9.97 Å². The molecule has 0 saturated carbocycles. The van der Waals surface area contributed by atoms with Gasteiger partial charge in [0.25, 0.3) is 0 Å². The van der Waals surface area contributed by atoms with Crippen LogP contribution in [0.15, 0.2) is 29.0 Å². The van der Waals surface area contributed by atoms with Gasteiger partial charge >= 0.3 is 6.01 Å². The van der Waals surface area contributed by atoms with E-state index in [9.17, 15) is 0 Å². The predicted molar refractivity (Wildman–Crippen MR) is 63.5 cm³/mol. The lowest BCUT2D eigenvalue weighted by molar-refractivity contribution is 0.436. The first-order valence-electron chi connectivity index (χ1n) is 4.74. The van der Waals surface area contributed by atoms with E-state index in [1.54, 1.807) is 12.4 Å². The number of pyridine rings is 1. The first-order chi connectivity index (χ1) is 7.63. The summed E-state index contributed by atoms with van der Waals surface area (Å²) in [5.41, 5.74) is 1.76. The van der Waals surface area contributed by atoms with Gasteiger partial charge in [-0.2, -0.15) is 0 Å². The first-order valence-corrected chi connectivity index (χ1v) is 5.53. The quantitative estimate of drug-likeness (QED) is 0.848. The van der Waals surface area contributed by atoms with Gasteiger partial charge in [0.2, 0.25) is 0 Å². The Bertz CT molecular complexity index is 496. The highest BCUT2D eigenvalue weighted by Crippen LogP contribution is 2.20. The molecule has 0 unspecified atom stereocenters. The largest absolute Gasteiger partial charge is 0.423 e. The monoisotopic (exact) mass is 279 g/mol. The summed E-state index contributed by atoms with van der Waals surface area (Å²) >= 11 is 3.32. The van der Waals surface area contributed by atoms with E-state index in [1.165, 1.54) is 0 Å². The number of nitrogens with zero attached hydrogens (tertiary/aromatic N) is 3. The molecule has 0 fully saturated rings. The molecule has 0 aliphatic carbocycles. The van der Waals surface area contributed by atoms with Crippen molar-refractivity contribution < 1.29 is 4.74 Å². The summed E-state index contributed by atoms with van der Waals surface area (Å²) in [6.45, 7) is 3.81. The molecular weight excluding hydrogens is 270 g/mol. The molecule has 0 bridgehead atoms. The Morgan fingerprint density at radius 1 is 1.06 bits per heavy atom. The Kier molecular flexibility index (Phi) is 3.14. The Hall–Kier alpha value is -1.49. The van der Waals surface area contributed by atoms with Crippen molar-refractivity contribution in [1.82, 2.24) is 15.0 Å². The highest BCUT2D eigenvalue weighted by Gasteiger charge is 2.03. The van der Waals surface area contributed by atoms with Crippen molar-refractivity contribution in [2.45, 2.75) is 13.8 Å². The zero-order valence-electron chi connectivity index (χ0n) is 8.94. The van der Waals surface area contributed by atoms with Gasteiger partial charge in [-0.05, 0) is 41.9 Å². The molecule has 0 amide bonds. The number of hydrogen-bond donors (Lipinski definition) is 0. The highest BCUT2D eigenvalue weighted by molar-refractivity contribution is 9.10. The van der Waals surface area contributed by atoms with Crippen LogP contribution in [-0.2, 0) is 0 Å².